The summed E-state index contributed by atoms with van der Waals surface area (Å²) in [4.78, 5) is 0. The third-order valence-corrected chi connectivity index (χ3v) is 2.82. The average molecular weight is 205 g/mol. The van der Waals surface area contributed by atoms with Crippen LogP contribution in [0.3, 0.4) is 0 Å². The summed E-state index contributed by atoms with van der Waals surface area (Å²) in [5.41, 5.74) is 1.38. The van der Waals surface area contributed by atoms with Crippen LogP contribution >= 0.6 is 0 Å². The molecule has 0 bridgehead atoms. The van der Waals surface area contributed by atoms with Gasteiger partial charge in [-0.15, -0.1) is 0 Å². The molecule has 0 fully saturated rings. The highest BCUT2D eigenvalue weighted by Crippen LogP contribution is 2.13. The zero-order chi connectivity index (χ0) is 11.1. The van der Waals surface area contributed by atoms with E-state index >= 15 is 0 Å². The van der Waals surface area contributed by atoms with Gasteiger partial charge in [0.15, 0.2) is 0 Å². The van der Waals surface area contributed by atoms with Crippen LogP contribution < -0.4 is 5.32 Å². The number of rotatable bonds is 6. The number of unbranched alkanes of at least 4 members (excludes halogenated alkanes) is 1. The lowest BCUT2D eigenvalue weighted by Gasteiger charge is -2.20. The van der Waals surface area contributed by atoms with Crippen LogP contribution in [0.25, 0.3) is 0 Å². The zero-order valence-corrected chi connectivity index (χ0v) is 10.2. The van der Waals surface area contributed by atoms with Gasteiger partial charge in [-0.05, 0) is 25.8 Å². The van der Waals surface area contributed by atoms with Gasteiger partial charge in [-0.3, -0.25) is 0 Å². The highest BCUT2D eigenvalue weighted by atomic mass is 14.9. The molecule has 84 valence electrons. The minimum absolute atomic E-state index is 0.457. The van der Waals surface area contributed by atoms with Crippen molar-refractivity contribution in [2.45, 2.75) is 52.1 Å². The number of hydrogen-bond acceptors (Lipinski definition) is 1. The van der Waals surface area contributed by atoms with Crippen LogP contribution in [0.2, 0.25) is 0 Å². The van der Waals surface area contributed by atoms with Crippen molar-refractivity contribution in [3.63, 3.8) is 0 Å². The first-order chi connectivity index (χ1) is 7.24. The Morgan fingerprint density at radius 3 is 2.40 bits per heavy atom. The summed E-state index contributed by atoms with van der Waals surface area (Å²) in [5, 5.41) is 3.63. The topological polar surface area (TPSA) is 12.0 Å². The minimum atomic E-state index is 0.457. The molecule has 1 aromatic rings. The predicted octanol–water partition coefficient (Wildman–Crippen LogP) is 3.92. The van der Waals surface area contributed by atoms with E-state index < -0.39 is 0 Å². The van der Waals surface area contributed by atoms with E-state index in [9.17, 15) is 0 Å². The lowest BCUT2D eigenvalue weighted by molar-refractivity contribution is 0.444. The van der Waals surface area contributed by atoms with E-state index in [0.29, 0.717) is 12.1 Å². The van der Waals surface area contributed by atoms with Crippen molar-refractivity contribution in [3.8, 4) is 0 Å². The molecule has 1 aromatic carbocycles. The second kappa shape index (κ2) is 6.62. The molecule has 0 aliphatic carbocycles. The lowest BCUT2D eigenvalue weighted by atomic mass is 10.1. The first kappa shape index (κ1) is 12.3. The van der Waals surface area contributed by atoms with Crippen molar-refractivity contribution in [2.24, 2.45) is 0 Å². The maximum absolute atomic E-state index is 3.63. The molecule has 0 aliphatic heterocycles. The third kappa shape index (κ3) is 4.48. The van der Waals surface area contributed by atoms with Crippen molar-refractivity contribution >= 4 is 0 Å². The van der Waals surface area contributed by atoms with E-state index in [2.05, 4.69) is 56.4 Å². The molecule has 1 rings (SSSR count). The Labute approximate surface area is 93.9 Å². The Balaban J connectivity index is 2.38. The maximum Gasteiger partial charge on any atom is 0.0294 e. The summed E-state index contributed by atoms with van der Waals surface area (Å²) in [6.45, 7) is 6.75. The third-order valence-electron chi connectivity index (χ3n) is 2.82. The van der Waals surface area contributed by atoms with Gasteiger partial charge in [0, 0.05) is 12.1 Å². The second-order valence-corrected chi connectivity index (χ2v) is 4.34. The molecule has 0 spiro atoms. The van der Waals surface area contributed by atoms with E-state index in [1.807, 2.05) is 0 Å². The van der Waals surface area contributed by atoms with Crippen LogP contribution in [-0.2, 0) is 0 Å². The number of benzene rings is 1. The highest BCUT2D eigenvalue weighted by Gasteiger charge is 2.07. The molecule has 1 unspecified atom stereocenters. The minimum Gasteiger partial charge on any atom is -0.308 e. The molecule has 15 heavy (non-hydrogen) atoms. The van der Waals surface area contributed by atoms with Crippen LogP contribution in [-0.4, -0.2) is 6.04 Å². The molecule has 0 aromatic heterocycles. The molecular weight excluding hydrogens is 182 g/mol. The van der Waals surface area contributed by atoms with Gasteiger partial charge in [0.05, 0.1) is 0 Å². The molecule has 0 heterocycles. The van der Waals surface area contributed by atoms with Crippen LogP contribution in [0.4, 0.5) is 0 Å². The van der Waals surface area contributed by atoms with Gasteiger partial charge in [-0.25, -0.2) is 0 Å². The predicted molar refractivity (Wildman–Crippen MR) is 67.0 cm³/mol. The van der Waals surface area contributed by atoms with Gasteiger partial charge in [-0.1, -0.05) is 50.1 Å². The van der Waals surface area contributed by atoms with Crippen LogP contribution in [0.15, 0.2) is 30.3 Å². The molecule has 1 heteroatoms. The molecule has 0 amide bonds. The van der Waals surface area contributed by atoms with E-state index in [4.69, 9.17) is 0 Å². The molecule has 2 atom stereocenters. The van der Waals surface area contributed by atoms with Crippen LogP contribution in [0.1, 0.15) is 51.6 Å². The summed E-state index contributed by atoms with van der Waals surface area (Å²) in [6.07, 6.45) is 3.87. The Morgan fingerprint density at radius 1 is 1.13 bits per heavy atom. The molecule has 1 nitrogen and oxygen atoms in total. The van der Waals surface area contributed by atoms with Gasteiger partial charge in [-0.2, -0.15) is 0 Å². The normalized spacial score (nSPS) is 14.9. The van der Waals surface area contributed by atoms with E-state index in [1.54, 1.807) is 0 Å². The Kier molecular flexibility index (Phi) is 5.41. The van der Waals surface area contributed by atoms with E-state index in [1.165, 1.54) is 24.8 Å². The molecule has 0 saturated carbocycles. The monoisotopic (exact) mass is 205 g/mol. The van der Waals surface area contributed by atoms with Crippen LogP contribution in [0, 0.1) is 0 Å². The summed E-state index contributed by atoms with van der Waals surface area (Å²) in [6, 6.07) is 11.7. The SMILES string of the molecule is CCCCC(C)N[C@H](C)c1ccccc1. The fraction of sp³-hybridized carbons (Fsp3) is 0.571. The average Bonchev–Trinajstić information content (AvgIpc) is 2.27. The van der Waals surface area contributed by atoms with Crippen molar-refractivity contribution in [3.05, 3.63) is 35.9 Å². The first-order valence-electron chi connectivity index (χ1n) is 6.05. The Morgan fingerprint density at radius 2 is 1.80 bits per heavy atom. The quantitative estimate of drug-likeness (QED) is 0.742. The van der Waals surface area contributed by atoms with Crippen LogP contribution in [0.5, 0.6) is 0 Å². The summed E-state index contributed by atoms with van der Waals surface area (Å²) in [7, 11) is 0. The fourth-order valence-corrected chi connectivity index (χ4v) is 1.86. The van der Waals surface area contributed by atoms with E-state index in [-0.39, 0.29) is 0 Å². The van der Waals surface area contributed by atoms with Crippen molar-refractivity contribution in [1.29, 1.82) is 0 Å². The lowest BCUT2D eigenvalue weighted by Crippen LogP contribution is -2.28. The summed E-state index contributed by atoms with van der Waals surface area (Å²) >= 11 is 0. The summed E-state index contributed by atoms with van der Waals surface area (Å²) in [5.74, 6) is 0. The van der Waals surface area contributed by atoms with Gasteiger partial charge >= 0.3 is 0 Å². The largest absolute Gasteiger partial charge is 0.308 e. The zero-order valence-electron chi connectivity index (χ0n) is 10.2. The molecule has 1 N–H and O–H groups in total. The van der Waals surface area contributed by atoms with Crippen molar-refractivity contribution in [1.82, 2.24) is 5.32 Å². The molecule has 0 saturated heterocycles. The maximum atomic E-state index is 3.63. The Bertz CT molecular complexity index is 255. The van der Waals surface area contributed by atoms with E-state index in [0.717, 1.165) is 0 Å². The van der Waals surface area contributed by atoms with Gasteiger partial charge < -0.3 is 5.32 Å². The first-order valence-corrected chi connectivity index (χ1v) is 6.05. The summed E-state index contributed by atoms with van der Waals surface area (Å²) < 4.78 is 0. The molecule has 0 aliphatic rings. The standard InChI is InChI=1S/C14H23N/c1-4-5-9-12(2)15-13(3)14-10-7-6-8-11-14/h6-8,10-13,15H,4-5,9H2,1-3H3/t12?,13-/m1/s1. The fourth-order valence-electron chi connectivity index (χ4n) is 1.86. The highest BCUT2D eigenvalue weighted by molar-refractivity contribution is 5.18. The van der Waals surface area contributed by atoms with Gasteiger partial charge in [0.2, 0.25) is 0 Å². The van der Waals surface area contributed by atoms with Crippen molar-refractivity contribution in [2.75, 3.05) is 0 Å². The van der Waals surface area contributed by atoms with Gasteiger partial charge in [0.1, 0.15) is 0 Å². The molecule has 0 radical (unpaired) electrons. The number of hydrogen-bond donors (Lipinski definition) is 1. The smallest absolute Gasteiger partial charge is 0.0294 e. The number of nitrogens with one attached hydrogen (secondary N) is 1. The Hall–Kier alpha value is -0.820. The van der Waals surface area contributed by atoms with Gasteiger partial charge in [0.25, 0.3) is 0 Å². The second-order valence-electron chi connectivity index (χ2n) is 4.34. The molecular formula is C14H23N. The van der Waals surface area contributed by atoms with Crippen molar-refractivity contribution < 1.29 is 0 Å².